The van der Waals surface area contributed by atoms with Gasteiger partial charge in [-0.2, -0.15) is 0 Å². The lowest BCUT2D eigenvalue weighted by molar-refractivity contribution is -0.124. The van der Waals surface area contributed by atoms with Gasteiger partial charge in [-0.3, -0.25) is 4.79 Å². The first-order chi connectivity index (χ1) is 7.41. The molecular formula is C12H24N2O2. The standard InChI is InChI=1S/C12H24N2O2/c1-12(2,3)10(13)11(15)14-7-6-9-5-4-8-16-9/h9-10H,4-8,13H2,1-3H3,(H,14,15)/t9?,10-/m1/s1. The summed E-state index contributed by atoms with van der Waals surface area (Å²) in [5.41, 5.74) is 5.66. The van der Waals surface area contributed by atoms with Crippen molar-refractivity contribution >= 4 is 5.91 Å². The highest BCUT2D eigenvalue weighted by molar-refractivity contribution is 5.82. The lowest BCUT2D eigenvalue weighted by atomic mass is 9.87. The largest absolute Gasteiger partial charge is 0.378 e. The third-order valence-electron chi connectivity index (χ3n) is 3.01. The maximum atomic E-state index is 11.7. The number of amides is 1. The van der Waals surface area contributed by atoms with Gasteiger partial charge in [0.15, 0.2) is 0 Å². The van der Waals surface area contributed by atoms with E-state index in [-0.39, 0.29) is 11.3 Å². The summed E-state index contributed by atoms with van der Waals surface area (Å²) in [4.78, 5) is 11.7. The first kappa shape index (κ1) is 13.5. The van der Waals surface area contributed by atoms with Gasteiger partial charge in [-0.25, -0.2) is 0 Å². The van der Waals surface area contributed by atoms with Crippen molar-refractivity contribution in [1.82, 2.24) is 5.32 Å². The van der Waals surface area contributed by atoms with Crippen LogP contribution in [-0.2, 0) is 9.53 Å². The SMILES string of the molecule is CC(C)(C)[C@H](N)C(=O)NCCC1CCCO1. The molecule has 4 heteroatoms. The number of hydrogen-bond acceptors (Lipinski definition) is 3. The van der Waals surface area contributed by atoms with E-state index in [1.54, 1.807) is 0 Å². The molecule has 1 fully saturated rings. The zero-order valence-corrected chi connectivity index (χ0v) is 10.6. The Morgan fingerprint density at radius 2 is 2.25 bits per heavy atom. The minimum atomic E-state index is -0.447. The van der Waals surface area contributed by atoms with Crippen molar-refractivity contribution in [1.29, 1.82) is 0 Å². The molecule has 3 N–H and O–H groups in total. The second kappa shape index (κ2) is 5.64. The molecule has 2 atom stereocenters. The Labute approximate surface area is 97.9 Å². The lowest BCUT2D eigenvalue weighted by Crippen LogP contribution is -2.49. The summed E-state index contributed by atoms with van der Waals surface area (Å²) in [5.74, 6) is -0.0644. The van der Waals surface area contributed by atoms with Gasteiger partial charge < -0.3 is 15.8 Å². The first-order valence-electron chi connectivity index (χ1n) is 6.06. The average molecular weight is 228 g/mol. The van der Waals surface area contributed by atoms with Crippen molar-refractivity contribution in [3.8, 4) is 0 Å². The molecule has 94 valence electrons. The minimum Gasteiger partial charge on any atom is -0.378 e. The fourth-order valence-corrected chi connectivity index (χ4v) is 1.73. The Morgan fingerprint density at radius 3 is 2.75 bits per heavy atom. The van der Waals surface area contributed by atoms with Gasteiger partial charge in [0.25, 0.3) is 0 Å². The fraction of sp³-hybridized carbons (Fsp3) is 0.917. The van der Waals surface area contributed by atoms with E-state index in [0.717, 1.165) is 25.9 Å². The Morgan fingerprint density at radius 1 is 1.56 bits per heavy atom. The molecule has 0 saturated carbocycles. The molecule has 16 heavy (non-hydrogen) atoms. The van der Waals surface area contributed by atoms with Crippen LogP contribution in [0.2, 0.25) is 0 Å². The van der Waals surface area contributed by atoms with Crippen molar-refractivity contribution in [2.24, 2.45) is 11.1 Å². The molecular weight excluding hydrogens is 204 g/mol. The van der Waals surface area contributed by atoms with Crippen LogP contribution in [0.3, 0.4) is 0 Å². The van der Waals surface area contributed by atoms with E-state index in [4.69, 9.17) is 10.5 Å². The molecule has 0 aliphatic carbocycles. The first-order valence-corrected chi connectivity index (χ1v) is 6.06. The van der Waals surface area contributed by atoms with Gasteiger partial charge in [-0.1, -0.05) is 20.8 Å². The molecule has 4 nitrogen and oxygen atoms in total. The number of carbonyl (C=O) groups is 1. The Hall–Kier alpha value is -0.610. The highest BCUT2D eigenvalue weighted by atomic mass is 16.5. The summed E-state index contributed by atoms with van der Waals surface area (Å²) in [6.07, 6.45) is 3.47. The Bertz CT molecular complexity index is 230. The summed E-state index contributed by atoms with van der Waals surface area (Å²) in [5, 5.41) is 2.87. The Kier molecular flexibility index (Phi) is 4.74. The second-order valence-corrected chi connectivity index (χ2v) is 5.56. The predicted octanol–water partition coefficient (Wildman–Crippen LogP) is 1.05. The van der Waals surface area contributed by atoms with Crippen molar-refractivity contribution in [3.63, 3.8) is 0 Å². The van der Waals surface area contributed by atoms with Gasteiger partial charge in [-0.05, 0) is 24.7 Å². The summed E-state index contributed by atoms with van der Waals surface area (Å²) in [7, 11) is 0. The van der Waals surface area contributed by atoms with E-state index in [0.29, 0.717) is 12.6 Å². The van der Waals surface area contributed by atoms with Crippen LogP contribution in [0.1, 0.15) is 40.0 Å². The maximum absolute atomic E-state index is 11.7. The smallest absolute Gasteiger partial charge is 0.237 e. The van der Waals surface area contributed by atoms with Crippen molar-refractivity contribution in [2.75, 3.05) is 13.2 Å². The summed E-state index contributed by atoms with van der Waals surface area (Å²) >= 11 is 0. The molecule has 1 aliphatic rings. The van der Waals surface area contributed by atoms with E-state index in [1.807, 2.05) is 20.8 Å². The fourth-order valence-electron chi connectivity index (χ4n) is 1.73. The third kappa shape index (κ3) is 4.10. The zero-order chi connectivity index (χ0) is 12.2. The molecule has 1 saturated heterocycles. The molecule has 0 radical (unpaired) electrons. The predicted molar refractivity (Wildman–Crippen MR) is 64.0 cm³/mol. The van der Waals surface area contributed by atoms with Gasteiger partial charge in [0, 0.05) is 13.2 Å². The molecule has 1 aliphatic heterocycles. The molecule has 0 spiro atoms. The molecule has 0 aromatic carbocycles. The highest BCUT2D eigenvalue weighted by Gasteiger charge is 2.27. The van der Waals surface area contributed by atoms with Gasteiger partial charge in [0.1, 0.15) is 0 Å². The molecule has 0 aromatic heterocycles. The van der Waals surface area contributed by atoms with E-state index >= 15 is 0 Å². The number of nitrogens with one attached hydrogen (secondary N) is 1. The van der Waals surface area contributed by atoms with Gasteiger partial charge in [-0.15, -0.1) is 0 Å². The summed E-state index contributed by atoms with van der Waals surface area (Å²) < 4.78 is 5.48. The zero-order valence-electron chi connectivity index (χ0n) is 10.6. The van der Waals surface area contributed by atoms with E-state index in [9.17, 15) is 4.79 Å². The molecule has 1 amide bonds. The summed E-state index contributed by atoms with van der Waals surface area (Å²) in [6, 6.07) is -0.447. The van der Waals surface area contributed by atoms with Gasteiger partial charge in [0.05, 0.1) is 12.1 Å². The quantitative estimate of drug-likeness (QED) is 0.756. The highest BCUT2D eigenvalue weighted by Crippen LogP contribution is 2.17. The van der Waals surface area contributed by atoms with Gasteiger partial charge in [0.2, 0.25) is 5.91 Å². The van der Waals surface area contributed by atoms with Crippen LogP contribution in [0, 0.1) is 5.41 Å². The van der Waals surface area contributed by atoms with Crippen LogP contribution in [0.5, 0.6) is 0 Å². The third-order valence-corrected chi connectivity index (χ3v) is 3.01. The van der Waals surface area contributed by atoms with Gasteiger partial charge >= 0.3 is 0 Å². The number of rotatable bonds is 4. The molecule has 1 rings (SSSR count). The number of ether oxygens (including phenoxy) is 1. The van der Waals surface area contributed by atoms with Crippen LogP contribution in [0.4, 0.5) is 0 Å². The average Bonchev–Trinajstić information content (AvgIpc) is 2.67. The number of hydrogen-bond donors (Lipinski definition) is 2. The molecule has 1 unspecified atom stereocenters. The van der Waals surface area contributed by atoms with E-state index in [1.165, 1.54) is 0 Å². The van der Waals surface area contributed by atoms with Crippen LogP contribution in [0.15, 0.2) is 0 Å². The summed E-state index contributed by atoms with van der Waals surface area (Å²) in [6.45, 7) is 7.43. The van der Waals surface area contributed by atoms with Crippen molar-refractivity contribution in [3.05, 3.63) is 0 Å². The van der Waals surface area contributed by atoms with Crippen LogP contribution < -0.4 is 11.1 Å². The van der Waals surface area contributed by atoms with E-state index in [2.05, 4.69) is 5.32 Å². The topological polar surface area (TPSA) is 64.4 Å². The number of carbonyl (C=O) groups excluding carboxylic acids is 1. The molecule has 1 heterocycles. The molecule has 0 aromatic rings. The van der Waals surface area contributed by atoms with Crippen molar-refractivity contribution in [2.45, 2.75) is 52.2 Å². The lowest BCUT2D eigenvalue weighted by Gasteiger charge is -2.26. The second-order valence-electron chi connectivity index (χ2n) is 5.56. The Balaban J connectivity index is 2.19. The monoisotopic (exact) mass is 228 g/mol. The van der Waals surface area contributed by atoms with Crippen LogP contribution >= 0.6 is 0 Å². The minimum absolute atomic E-state index is 0.0644. The molecule has 0 bridgehead atoms. The maximum Gasteiger partial charge on any atom is 0.237 e. The van der Waals surface area contributed by atoms with Crippen LogP contribution in [0.25, 0.3) is 0 Å². The van der Waals surface area contributed by atoms with Crippen molar-refractivity contribution < 1.29 is 9.53 Å². The van der Waals surface area contributed by atoms with E-state index < -0.39 is 6.04 Å². The number of nitrogens with two attached hydrogens (primary N) is 1. The van der Waals surface area contributed by atoms with Crippen LogP contribution in [-0.4, -0.2) is 31.2 Å². The normalized spacial score (nSPS) is 23.1.